The molecule has 0 aliphatic carbocycles. The van der Waals surface area contributed by atoms with E-state index in [0.29, 0.717) is 18.8 Å². The average Bonchev–Trinajstić information content (AvgIpc) is 2.46. The maximum Gasteiger partial charge on any atom is 0.250 e. The normalized spacial score (nSPS) is 10.6. The van der Waals surface area contributed by atoms with Crippen LogP contribution >= 0.6 is 0 Å². The number of aromatic nitrogens is 1. The van der Waals surface area contributed by atoms with Crippen molar-refractivity contribution in [3.63, 3.8) is 0 Å². The summed E-state index contributed by atoms with van der Waals surface area (Å²) < 4.78 is 1.61. The molecule has 1 heterocycles. The van der Waals surface area contributed by atoms with Gasteiger partial charge in [0.15, 0.2) is 0 Å². The summed E-state index contributed by atoms with van der Waals surface area (Å²) in [6, 6.07) is 8.40. The quantitative estimate of drug-likeness (QED) is 0.882. The topological polar surface area (TPSA) is 71.5 Å². The van der Waals surface area contributed by atoms with Crippen LogP contribution in [0.25, 0.3) is 0 Å². The van der Waals surface area contributed by atoms with Gasteiger partial charge in [0, 0.05) is 49.3 Å². The fourth-order valence-electron chi connectivity index (χ4n) is 2.34. The zero-order chi connectivity index (χ0) is 15.4. The molecule has 0 unspecified atom stereocenters. The number of aryl methyl sites for hydroxylation is 1. The minimum atomic E-state index is -0.0621. The van der Waals surface area contributed by atoms with E-state index >= 15 is 0 Å². The van der Waals surface area contributed by atoms with Gasteiger partial charge in [0.2, 0.25) is 0 Å². The largest absolute Gasteiger partial charge is 0.508 e. The van der Waals surface area contributed by atoms with E-state index in [2.05, 4.69) is 4.90 Å². The molecule has 0 saturated heterocycles. The SMILES string of the molecule is CCN(CCn1cc(N)ccc1=O)c1cc(O)ccc1C. The van der Waals surface area contributed by atoms with E-state index in [1.807, 2.05) is 19.9 Å². The standard InChI is InChI=1S/C16H21N3O2/c1-3-18(15-10-14(20)6-4-12(15)2)8-9-19-11-13(17)5-7-16(19)21/h4-7,10-11,20H,3,8-9,17H2,1-2H3. The number of phenolic OH excluding ortho intramolecular Hbond substituents is 1. The molecule has 0 radical (unpaired) electrons. The first kappa shape index (κ1) is 15.0. The minimum Gasteiger partial charge on any atom is -0.508 e. The second-order valence-electron chi connectivity index (χ2n) is 5.04. The second-order valence-corrected chi connectivity index (χ2v) is 5.04. The Morgan fingerprint density at radius 1 is 1.29 bits per heavy atom. The van der Waals surface area contributed by atoms with Crippen molar-refractivity contribution in [2.24, 2.45) is 0 Å². The lowest BCUT2D eigenvalue weighted by molar-refractivity contribution is 0.475. The third kappa shape index (κ3) is 3.56. The van der Waals surface area contributed by atoms with Crippen molar-refractivity contribution in [2.45, 2.75) is 20.4 Å². The Labute approximate surface area is 124 Å². The molecular formula is C16H21N3O2. The van der Waals surface area contributed by atoms with Crippen molar-refractivity contribution in [3.05, 3.63) is 52.4 Å². The number of likely N-dealkylation sites (N-methyl/N-ethyl adjacent to an activating group) is 1. The number of aromatic hydroxyl groups is 1. The van der Waals surface area contributed by atoms with Crippen molar-refractivity contribution >= 4 is 11.4 Å². The molecule has 0 amide bonds. The Bertz CT molecular complexity index is 679. The number of nitrogen functional groups attached to an aromatic ring is 1. The summed E-state index contributed by atoms with van der Waals surface area (Å²) in [5, 5.41) is 9.65. The molecule has 0 aliphatic rings. The van der Waals surface area contributed by atoms with E-state index in [9.17, 15) is 9.90 Å². The minimum absolute atomic E-state index is 0.0621. The monoisotopic (exact) mass is 287 g/mol. The van der Waals surface area contributed by atoms with Crippen molar-refractivity contribution < 1.29 is 5.11 Å². The number of rotatable bonds is 5. The molecule has 0 bridgehead atoms. The molecular weight excluding hydrogens is 266 g/mol. The van der Waals surface area contributed by atoms with Gasteiger partial charge < -0.3 is 20.3 Å². The van der Waals surface area contributed by atoms with Crippen LogP contribution in [0.5, 0.6) is 5.75 Å². The lowest BCUT2D eigenvalue weighted by Crippen LogP contribution is -2.31. The fourth-order valence-corrected chi connectivity index (χ4v) is 2.34. The highest BCUT2D eigenvalue weighted by molar-refractivity contribution is 5.56. The molecule has 2 rings (SSSR count). The number of phenols is 1. The lowest BCUT2D eigenvalue weighted by Gasteiger charge is -2.25. The summed E-state index contributed by atoms with van der Waals surface area (Å²) >= 11 is 0. The fraction of sp³-hybridized carbons (Fsp3) is 0.312. The summed E-state index contributed by atoms with van der Waals surface area (Å²) in [5.41, 5.74) is 8.30. The first-order chi connectivity index (χ1) is 10.0. The number of pyridine rings is 1. The first-order valence-corrected chi connectivity index (χ1v) is 7.02. The molecule has 0 atom stereocenters. The molecule has 2 aromatic rings. The molecule has 1 aromatic heterocycles. The lowest BCUT2D eigenvalue weighted by atomic mass is 10.1. The van der Waals surface area contributed by atoms with Gasteiger partial charge in [-0.05, 0) is 31.5 Å². The predicted octanol–water partition coefficient (Wildman–Crippen LogP) is 1.97. The first-order valence-electron chi connectivity index (χ1n) is 7.02. The molecule has 0 aliphatic heterocycles. The van der Waals surface area contributed by atoms with Crippen LogP contribution in [0.2, 0.25) is 0 Å². The van der Waals surface area contributed by atoms with E-state index < -0.39 is 0 Å². The van der Waals surface area contributed by atoms with Crippen LogP contribution in [-0.2, 0) is 6.54 Å². The molecule has 5 nitrogen and oxygen atoms in total. The van der Waals surface area contributed by atoms with E-state index in [-0.39, 0.29) is 11.3 Å². The molecule has 0 saturated carbocycles. The van der Waals surface area contributed by atoms with Gasteiger partial charge in [0.25, 0.3) is 5.56 Å². The molecule has 21 heavy (non-hydrogen) atoms. The number of anilines is 2. The Morgan fingerprint density at radius 2 is 2.05 bits per heavy atom. The number of hydrogen-bond donors (Lipinski definition) is 2. The van der Waals surface area contributed by atoms with Crippen LogP contribution in [0.4, 0.5) is 11.4 Å². The van der Waals surface area contributed by atoms with E-state index in [1.54, 1.807) is 29.0 Å². The third-order valence-corrected chi connectivity index (χ3v) is 3.53. The number of hydrogen-bond acceptors (Lipinski definition) is 4. The zero-order valence-electron chi connectivity index (χ0n) is 12.4. The van der Waals surface area contributed by atoms with Crippen molar-refractivity contribution in [1.82, 2.24) is 4.57 Å². The Hall–Kier alpha value is -2.43. The highest BCUT2D eigenvalue weighted by atomic mass is 16.3. The van der Waals surface area contributed by atoms with Crippen LogP contribution in [0.1, 0.15) is 12.5 Å². The second kappa shape index (κ2) is 6.35. The van der Waals surface area contributed by atoms with Gasteiger partial charge in [-0.2, -0.15) is 0 Å². The van der Waals surface area contributed by atoms with Gasteiger partial charge in [-0.1, -0.05) is 6.07 Å². The van der Waals surface area contributed by atoms with Gasteiger partial charge in [-0.25, -0.2) is 0 Å². The smallest absolute Gasteiger partial charge is 0.250 e. The summed E-state index contributed by atoms with van der Waals surface area (Å²) in [6.45, 7) is 6.06. The van der Waals surface area contributed by atoms with E-state index in [1.165, 1.54) is 6.07 Å². The van der Waals surface area contributed by atoms with Crippen LogP contribution in [0.15, 0.2) is 41.3 Å². The van der Waals surface area contributed by atoms with Gasteiger partial charge in [-0.3, -0.25) is 4.79 Å². The maximum absolute atomic E-state index is 11.8. The van der Waals surface area contributed by atoms with Gasteiger partial charge in [0.05, 0.1) is 0 Å². The third-order valence-electron chi connectivity index (χ3n) is 3.53. The Kier molecular flexibility index (Phi) is 4.52. The molecule has 5 heteroatoms. The van der Waals surface area contributed by atoms with Crippen LogP contribution in [0, 0.1) is 6.92 Å². The highest BCUT2D eigenvalue weighted by Crippen LogP contribution is 2.24. The number of nitrogens with two attached hydrogens (primary N) is 1. The van der Waals surface area contributed by atoms with Gasteiger partial charge in [-0.15, -0.1) is 0 Å². The molecule has 0 spiro atoms. The summed E-state index contributed by atoms with van der Waals surface area (Å²) in [4.78, 5) is 13.9. The van der Waals surface area contributed by atoms with Crippen molar-refractivity contribution in [2.75, 3.05) is 23.7 Å². The Balaban J connectivity index is 2.18. The van der Waals surface area contributed by atoms with E-state index in [0.717, 1.165) is 17.8 Å². The molecule has 1 aromatic carbocycles. The molecule has 0 fully saturated rings. The number of nitrogens with zero attached hydrogens (tertiary/aromatic N) is 2. The molecule has 112 valence electrons. The summed E-state index contributed by atoms with van der Waals surface area (Å²) in [6.07, 6.45) is 1.66. The molecule has 3 N–H and O–H groups in total. The van der Waals surface area contributed by atoms with Gasteiger partial charge in [0.1, 0.15) is 5.75 Å². The highest BCUT2D eigenvalue weighted by Gasteiger charge is 2.09. The summed E-state index contributed by atoms with van der Waals surface area (Å²) in [5.74, 6) is 0.246. The van der Waals surface area contributed by atoms with Crippen molar-refractivity contribution in [1.29, 1.82) is 0 Å². The van der Waals surface area contributed by atoms with E-state index in [4.69, 9.17) is 5.73 Å². The average molecular weight is 287 g/mol. The predicted molar refractivity (Wildman–Crippen MR) is 85.8 cm³/mol. The summed E-state index contributed by atoms with van der Waals surface area (Å²) in [7, 11) is 0. The van der Waals surface area contributed by atoms with Crippen LogP contribution in [0.3, 0.4) is 0 Å². The van der Waals surface area contributed by atoms with Crippen LogP contribution in [-0.4, -0.2) is 22.8 Å². The van der Waals surface area contributed by atoms with Crippen LogP contribution < -0.4 is 16.2 Å². The van der Waals surface area contributed by atoms with Crippen molar-refractivity contribution in [3.8, 4) is 5.75 Å². The van der Waals surface area contributed by atoms with Gasteiger partial charge >= 0.3 is 0 Å². The number of benzene rings is 1. The maximum atomic E-state index is 11.8. The Morgan fingerprint density at radius 3 is 2.76 bits per heavy atom. The zero-order valence-corrected chi connectivity index (χ0v) is 12.4.